The minimum absolute atomic E-state index is 0.389. The van der Waals surface area contributed by atoms with Crippen LogP contribution < -0.4 is 5.32 Å². The van der Waals surface area contributed by atoms with Gasteiger partial charge in [-0.1, -0.05) is 23.7 Å². The van der Waals surface area contributed by atoms with Crippen molar-refractivity contribution in [1.29, 1.82) is 0 Å². The lowest BCUT2D eigenvalue weighted by Gasteiger charge is -2.35. The van der Waals surface area contributed by atoms with Crippen molar-refractivity contribution >= 4 is 11.6 Å². The number of hydrogen-bond donors (Lipinski definition) is 2. The first-order valence-electron chi connectivity index (χ1n) is 5.88. The Morgan fingerprint density at radius 1 is 1.41 bits per heavy atom. The second kappa shape index (κ2) is 5.83. The quantitative estimate of drug-likeness (QED) is 0.847. The zero-order chi connectivity index (χ0) is 12.3. The molecule has 0 amide bonds. The van der Waals surface area contributed by atoms with Gasteiger partial charge >= 0.3 is 0 Å². The van der Waals surface area contributed by atoms with Crippen molar-refractivity contribution < 1.29 is 9.84 Å². The van der Waals surface area contributed by atoms with E-state index in [0.717, 1.165) is 18.4 Å². The molecule has 1 saturated carbocycles. The molecule has 2 rings (SSSR count). The Morgan fingerprint density at radius 2 is 2.06 bits per heavy atom. The number of aliphatic hydroxyl groups is 1. The topological polar surface area (TPSA) is 41.5 Å². The summed E-state index contributed by atoms with van der Waals surface area (Å²) in [7, 11) is 1.74. The zero-order valence-corrected chi connectivity index (χ0v) is 10.7. The van der Waals surface area contributed by atoms with Crippen LogP contribution in [0.2, 0.25) is 5.02 Å². The van der Waals surface area contributed by atoms with Gasteiger partial charge in [-0.3, -0.25) is 0 Å². The van der Waals surface area contributed by atoms with Crippen molar-refractivity contribution in [1.82, 2.24) is 5.32 Å². The van der Waals surface area contributed by atoms with Crippen LogP contribution in [-0.2, 0) is 4.74 Å². The third-order valence-electron chi connectivity index (χ3n) is 3.28. The van der Waals surface area contributed by atoms with Gasteiger partial charge in [-0.15, -0.1) is 0 Å². The highest BCUT2D eigenvalue weighted by molar-refractivity contribution is 6.30. The lowest BCUT2D eigenvalue weighted by atomic mass is 9.89. The van der Waals surface area contributed by atoms with Gasteiger partial charge in [-0.25, -0.2) is 0 Å². The maximum absolute atomic E-state index is 9.97. The van der Waals surface area contributed by atoms with Gasteiger partial charge in [-0.2, -0.15) is 0 Å². The second-order valence-corrected chi connectivity index (χ2v) is 4.94. The van der Waals surface area contributed by atoms with Crippen molar-refractivity contribution in [3.63, 3.8) is 0 Å². The Hall–Kier alpha value is -0.610. The molecular weight excluding hydrogens is 238 g/mol. The van der Waals surface area contributed by atoms with Crippen LogP contribution >= 0.6 is 11.6 Å². The SMILES string of the molecule is COC1CC(NCC(O)c2ccc(Cl)cc2)C1. The van der Waals surface area contributed by atoms with E-state index in [1.165, 1.54) is 0 Å². The van der Waals surface area contributed by atoms with E-state index < -0.39 is 6.10 Å². The first-order chi connectivity index (χ1) is 8.19. The van der Waals surface area contributed by atoms with Crippen LogP contribution in [0.1, 0.15) is 24.5 Å². The van der Waals surface area contributed by atoms with Gasteiger partial charge in [0.05, 0.1) is 12.2 Å². The molecule has 0 heterocycles. The minimum Gasteiger partial charge on any atom is -0.387 e. The molecule has 0 spiro atoms. The predicted octanol–water partition coefficient (Wildman–Crippen LogP) is 2.14. The van der Waals surface area contributed by atoms with Crippen LogP contribution in [-0.4, -0.2) is 30.9 Å². The van der Waals surface area contributed by atoms with E-state index in [0.29, 0.717) is 23.7 Å². The number of nitrogens with one attached hydrogen (secondary N) is 1. The summed E-state index contributed by atoms with van der Waals surface area (Å²) in [4.78, 5) is 0. The highest BCUT2D eigenvalue weighted by Crippen LogP contribution is 2.23. The van der Waals surface area contributed by atoms with Crippen molar-refractivity contribution in [3.05, 3.63) is 34.9 Å². The Balaban J connectivity index is 1.74. The zero-order valence-electron chi connectivity index (χ0n) is 9.90. The van der Waals surface area contributed by atoms with Gasteiger partial charge in [0.2, 0.25) is 0 Å². The minimum atomic E-state index is -0.478. The number of benzene rings is 1. The normalized spacial score (nSPS) is 25.4. The fourth-order valence-electron chi connectivity index (χ4n) is 2.01. The smallest absolute Gasteiger partial charge is 0.0914 e. The summed E-state index contributed by atoms with van der Waals surface area (Å²) < 4.78 is 5.20. The average Bonchev–Trinajstić information content (AvgIpc) is 2.28. The van der Waals surface area contributed by atoms with E-state index in [1.54, 1.807) is 19.2 Å². The lowest BCUT2D eigenvalue weighted by Crippen LogP contribution is -2.46. The molecule has 1 aliphatic carbocycles. The van der Waals surface area contributed by atoms with Crippen molar-refractivity contribution in [3.8, 4) is 0 Å². The monoisotopic (exact) mass is 255 g/mol. The summed E-state index contributed by atoms with van der Waals surface area (Å²) in [6.07, 6.45) is 1.97. The van der Waals surface area contributed by atoms with Gasteiger partial charge in [0.15, 0.2) is 0 Å². The Labute approximate surface area is 107 Å². The fourth-order valence-corrected chi connectivity index (χ4v) is 2.13. The maximum atomic E-state index is 9.97. The number of halogens is 1. The Kier molecular flexibility index (Phi) is 4.40. The summed E-state index contributed by atoms with van der Waals surface area (Å²) in [5, 5.41) is 14.0. The number of rotatable bonds is 5. The van der Waals surface area contributed by atoms with E-state index in [2.05, 4.69) is 5.32 Å². The number of ether oxygens (including phenoxy) is 1. The van der Waals surface area contributed by atoms with Crippen LogP contribution in [0.25, 0.3) is 0 Å². The van der Waals surface area contributed by atoms with Crippen molar-refractivity contribution in [2.45, 2.75) is 31.1 Å². The van der Waals surface area contributed by atoms with Gasteiger partial charge in [-0.05, 0) is 30.5 Å². The molecule has 2 N–H and O–H groups in total. The number of hydrogen-bond acceptors (Lipinski definition) is 3. The van der Waals surface area contributed by atoms with E-state index in [9.17, 15) is 5.11 Å². The average molecular weight is 256 g/mol. The van der Waals surface area contributed by atoms with Crippen molar-refractivity contribution in [2.75, 3.05) is 13.7 Å². The molecule has 1 aliphatic rings. The van der Waals surface area contributed by atoms with E-state index in [1.807, 2.05) is 12.1 Å². The van der Waals surface area contributed by atoms with Gasteiger partial charge in [0, 0.05) is 24.7 Å². The molecule has 1 aromatic rings. The number of aliphatic hydroxyl groups excluding tert-OH is 1. The predicted molar refractivity (Wildman–Crippen MR) is 68.2 cm³/mol. The second-order valence-electron chi connectivity index (χ2n) is 4.50. The number of methoxy groups -OCH3 is 1. The van der Waals surface area contributed by atoms with Crippen molar-refractivity contribution in [2.24, 2.45) is 0 Å². The summed E-state index contributed by atoms with van der Waals surface area (Å²) >= 11 is 5.80. The molecule has 1 fully saturated rings. The molecule has 0 aromatic heterocycles. The molecule has 94 valence electrons. The molecular formula is C13H18ClNO2. The van der Waals surface area contributed by atoms with E-state index in [4.69, 9.17) is 16.3 Å². The Morgan fingerprint density at radius 3 is 2.65 bits per heavy atom. The molecule has 0 saturated heterocycles. The molecule has 17 heavy (non-hydrogen) atoms. The fraction of sp³-hybridized carbons (Fsp3) is 0.538. The third-order valence-corrected chi connectivity index (χ3v) is 3.53. The molecule has 1 aromatic carbocycles. The first-order valence-corrected chi connectivity index (χ1v) is 6.26. The van der Waals surface area contributed by atoms with Crippen LogP contribution in [0.15, 0.2) is 24.3 Å². The first kappa shape index (κ1) is 12.8. The van der Waals surface area contributed by atoms with Gasteiger partial charge < -0.3 is 15.2 Å². The Bertz CT molecular complexity index is 349. The molecule has 4 heteroatoms. The highest BCUT2D eigenvalue weighted by atomic mass is 35.5. The standard InChI is InChI=1S/C13H18ClNO2/c1-17-12-6-11(7-12)15-8-13(16)9-2-4-10(14)5-3-9/h2-5,11-13,15-16H,6-8H2,1H3. The van der Waals surface area contributed by atoms with Gasteiger partial charge in [0.1, 0.15) is 0 Å². The molecule has 1 unspecified atom stereocenters. The lowest BCUT2D eigenvalue weighted by molar-refractivity contribution is 0.0137. The molecule has 3 nitrogen and oxygen atoms in total. The molecule has 0 aliphatic heterocycles. The van der Waals surface area contributed by atoms with E-state index in [-0.39, 0.29) is 0 Å². The molecule has 1 atom stereocenters. The van der Waals surface area contributed by atoms with Crippen LogP contribution in [0.3, 0.4) is 0 Å². The summed E-state index contributed by atoms with van der Waals surface area (Å²) in [6.45, 7) is 0.572. The van der Waals surface area contributed by atoms with E-state index >= 15 is 0 Å². The summed E-state index contributed by atoms with van der Waals surface area (Å²) in [5.41, 5.74) is 0.893. The van der Waals surface area contributed by atoms with Crippen LogP contribution in [0.4, 0.5) is 0 Å². The highest BCUT2D eigenvalue weighted by Gasteiger charge is 2.28. The molecule has 0 radical (unpaired) electrons. The maximum Gasteiger partial charge on any atom is 0.0914 e. The summed E-state index contributed by atoms with van der Waals surface area (Å²) in [5.74, 6) is 0. The van der Waals surface area contributed by atoms with Crippen LogP contribution in [0, 0.1) is 0 Å². The van der Waals surface area contributed by atoms with Gasteiger partial charge in [0.25, 0.3) is 0 Å². The molecule has 0 bridgehead atoms. The van der Waals surface area contributed by atoms with Crippen LogP contribution in [0.5, 0.6) is 0 Å². The third kappa shape index (κ3) is 3.42. The summed E-state index contributed by atoms with van der Waals surface area (Å²) in [6, 6.07) is 7.78. The largest absolute Gasteiger partial charge is 0.387 e.